The van der Waals surface area contributed by atoms with Gasteiger partial charge in [0.1, 0.15) is 39.8 Å². The van der Waals surface area contributed by atoms with Gasteiger partial charge in [-0.3, -0.25) is 28.8 Å². The van der Waals surface area contributed by atoms with E-state index in [1.165, 1.54) is 41.3 Å². The van der Waals surface area contributed by atoms with E-state index >= 15 is 0 Å². The van der Waals surface area contributed by atoms with Gasteiger partial charge in [-0.15, -0.1) is 0 Å². The molecule has 101 heavy (non-hydrogen) atoms. The lowest BCUT2D eigenvalue weighted by molar-refractivity contribution is -0.138. The Bertz CT molecular complexity index is 4520. The van der Waals surface area contributed by atoms with Crippen LogP contribution < -0.4 is 50.4 Å². The van der Waals surface area contributed by atoms with Crippen molar-refractivity contribution >= 4 is 86.3 Å². The van der Waals surface area contributed by atoms with Crippen LogP contribution in [-0.2, 0) is 58.1 Å². The van der Waals surface area contributed by atoms with Gasteiger partial charge in [0.15, 0.2) is 6.10 Å². The number of aliphatic hydroxyl groups is 1. The van der Waals surface area contributed by atoms with Gasteiger partial charge in [0.2, 0.25) is 29.5 Å². The molecule has 0 bridgehead atoms. The number of nitrogens with one attached hydrogen (secondary N) is 5. The highest BCUT2D eigenvalue weighted by Crippen LogP contribution is 2.53. The molecule has 2 fully saturated rings. The van der Waals surface area contributed by atoms with E-state index in [2.05, 4.69) is 26.6 Å². The van der Waals surface area contributed by atoms with E-state index in [1.54, 1.807) is 69.4 Å². The molecule has 17 nitrogen and oxygen atoms in total. The van der Waals surface area contributed by atoms with Gasteiger partial charge in [-0.05, 0) is 187 Å². The highest BCUT2D eigenvalue weighted by molar-refractivity contribution is 6.10. The van der Waals surface area contributed by atoms with Gasteiger partial charge in [0, 0.05) is 103 Å². The fourth-order valence-corrected chi connectivity index (χ4v) is 13.7. The van der Waals surface area contributed by atoms with Crippen LogP contribution in [0.2, 0.25) is 0 Å². The standard InChI is InChI=1S/C26H25F3N2O5.C25H23F3N2O3.C24H23F3N2O3/c1-31-19-13-17(4-6-20(19)35-21(7-10-32)24(31)34)30-23(33)11-15-14-25(8-2-9-25)36-22-12-16(26(27,28)29)3-5-18(15)22;1-23(2)18-7-5-16(12-19(18)30-22(23)32)29-21(31)10-14-13-24(8-3-9-24)33-20-11-15(25(26,27)28)4-6-17(14)20;1-22(2)12-13(16-7-5-14(24(25,26)27)10-19(16)32-22)9-20(30)28-15-6-8-17-18(11-15)29-21(31)23(17,3)4/h3-6,11-13,21,32H,2,7-10,14H2,1H3,(H,30,33);4-7,10-12H,3,8-9,13H2,1-2H3,(H,29,31)(H,30,32);5-11H,12H2,1-4H3,(H,28,30)(H,29,31)/b15-11+;14-10+;13-9+. The van der Waals surface area contributed by atoms with Crippen molar-refractivity contribution in [3.8, 4) is 23.0 Å². The zero-order chi connectivity index (χ0) is 72.7. The fraction of sp³-hybridized carbons (Fsp3) is 0.360. The first kappa shape index (κ1) is 70.7. The lowest BCUT2D eigenvalue weighted by Gasteiger charge is -2.46. The normalized spacial score (nSPS) is 20.6. The number of alkyl halides is 9. The molecule has 6 aliphatic heterocycles. The minimum Gasteiger partial charge on any atom is -0.487 e. The maximum atomic E-state index is 13.2. The van der Waals surface area contributed by atoms with Crippen LogP contribution >= 0.6 is 0 Å². The van der Waals surface area contributed by atoms with Crippen LogP contribution in [0.5, 0.6) is 23.0 Å². The minimum absolute atomic E-state index is 0.0950. The zero-order valence-corrected chi connectivity index (χ0v) is 55.9. The molecule has 0 saturated heterocycles. The monoisotopic (exact) mass is 1400 g/mol. The molecule has 26 heteroatoms. The van der Waals surface area contributed by atoms with Crippen LogP contribution in [0.25, 0.3) is 16.7 Å². The molecular formula is C75H71F9N6O11. The third-order valence-corrected chi connectivity index (χ3v) is 19.5. The number of fused-ring (bicyclic) bond motifs is 6. The van der Waals surface area contributed by atoms with Crippen molar-refractivity contribution in [3.63, 3.8) is 0 Å². The van der Waals surface area contributed by atoms with Gasteiger partial charge in [0.25, 0.3) is 5.91 Å². The Morgan fingerprint density at radius 3 is 1.27 bits per heavy atom. The SMILES string of the molecule is CC1(C)C(=O)Nc2cc(NC(=O)/C=C3\CC4(CCC4)Oc4cc(C(F)(F)F)ccc43)ccc21.CC1(C)C/C(=C\C(=O)Nc2ccc3c(c2)NC(=O)C3(C)C)c2ccc(C(F)(F)F)cc2O1.CN1C(=O)C(CCO)Oc2ccc(NC(=O)/C=C3\CC4(CCC4)Oc4cc(C(F)(F)F)ccc43)cc21. The molecular weight excluding hydrogens is 1330 g/mol. The van der Waals surface area contributed by atoms with E-state index in [4.69, 9.17) is 24.1 Å². The summed E-state index contributed by atoms with van der Waals surface area (Å²) in [7, 11) is 1.59. The molecule has 14 rings (SSSR count). The zero-order valence-electron chi connectivity index (χ0n) is 55.9. The van der Waals surface area contributed by atoms with Crippen LogP contribution in [0.1, 0.15) is 150 Å². The van der Waals surface area contributed by atoms with Crippen LogP contribution in [0.3, 0.4) is 0 Å². The fourth-order valence-electron chi connectivity index (χ4n) is 13.7. The second kappa shape index (κ2) is 25.8. The molecule has 8 aliphatic rings. The van der Waals surface area contributed by atoms with Crippen molar-refractivity contribution in [2.75, 3.05) is 45.1 Å². The smallest absolute Gasteiger partial charge is 0.416 e. The molecule has 0 aromatic heterocycles. The van der Waals surface area contributed by atoms with Gasteiger partial charge < -0.3 is 55.5 Å². The number of amides is 6. The number of hydrogen-bond acceptors (Lipinski definition) is 11. The summed E-state index contributed by atoms with van der Waals surface area (Å²) < 4.78 is 142. The number of rotatable bonds is 8. The predicted octanol–water partition coefficient (Wildman–Crippen LogP) is 15.7. The summed E-state index contributed by atoms with van der Waals surface area (Å²) >= 11 is 0. The Labute approximate surface area is 574 Å². The first-order valence-corrected chi connectivity index (χ1v) is 32.7. The summed E-state index contributed by atoms with van der Waals surface area (Å²) in [6.07, 6.45) is -3.84. The molecule has 2 saturated carbocycles. The van der Waals surface area contributed by atoms with Gasteiger partial charge in [-0.25, -0.2) is 0 Å². The number of ether oxygens (including phenoxy) is 4. The van der Waals surface area contributed by atoms with Crippen LogP contribution in [-0.4, -0.2) is 77.1 Å². The molecule has 2 spiro atoms. The van der Waals surface area contributed by atoms with Crippen LogP contribution in [0.15, 0.2) is 127 Å². The van der Waals surface area contributed by atoms with Crippen molar-refractivity contribution in [1.29, 1.82) is 0 Å². The summed E-state index contributed by atoms with van der Waals surface area (Å²) in [5, 5.41) is 23.1. The number of anilines is 6. The average Bonchev–Trinajstić information content (AvgIpc) is 1.26. The topological polar surface area (TPSA) is 223 Å². The van der Waals surface area contributed by atoms with Gasteiger partial charge in [-0.2, -0.15) is 39.5 Å². The van der Waals surface area contributed by atoms with E-state index in [-0.39, 0.29) is 48.0 Å². The minimum atomic E-state index is -4.49. The molecule has 6 aromatic carbocycles. The first-order chi connectivity index (χ1) is 47.3. The molecule has 6 aromatic rings. The van der Waals surface area contributed by atoms with E-state index in [1.807, 2.05) is 33.8 Å². The van der Waals surface area contributed by atoms with E-state index < -0.39 is 86.7 Å². The van der Waals surface area contributed by atoms with Crippen molar-refractivity contribution in [3.05, 3.63) is 172 Å². The molecule has 6 N–H and O–H groups in total. The van der Waals surface area contributed by atoms with E-state index in [0.29, 0.717) is 105 Å². The summed E-state index contributed by atoms with van der Waals surface area (Å²) in [6.45, 7) is 10.6. The van der Waals surface area contributed by atoms with Gasteiger partial charge in [-0.1, -0.05) is 30.3 Å². The second-order valence-electron chi connectivity index (χ2n) is 28.1. The molecule has 6 amide bonds. The third-order valence-electron chi connectivity index (χ3n) is 19.5. The lowest BCUT2D eigenvalue weighted by Crippen LogP contribution is -2.45. The van der Waals surface area contributed by atoms with Crippen molar-refractivity contribution in [1.82, 2.24) is 0 Å². The van der Waals surface area contributed by atoms with E-state index in [9.17, 15) is 68.3 Å². The summed E-state index contributed by atoms with van der Waals surface area (Å²) in [6, 6.07) is 25.4. The number of hydrogen-bond donors (Lipinski definition) is 6. The third kappa shape index (κ3) is 14.5. The molecule has 2 aliphatic carbocycles. The van der Waals surface area contributed by atoms with Crippen LogP contribution in [0, 0.1) is 0 Å². The number of benzene rings is 6. The number of carbonyl (C=O) groups excluding carboxylic acids is 6. The molecule has 0 radical (unpaired) electrons. The van der Waals surface area contributed by atoms with Crippen molar-refractivity contribution in [2.45, 2.75) is 158 Å². The van der Waals surface area contributed by atoms with Crippen molar-refractivity contribution in [2.24, 2.45) is 0 Å². The maximum absolute atomic E-state index is 13.2. The Morgan fingerprint density at radius 1 is 0.515 bits per heavy atom. The first-order valence-electron chi connectivity index (χ1n) is 32.7. The highest BCUT2D eigenvalue weighted by Gasteiger charge is 2.48. The summed E-state index contributed by atoms with van der Waals surface area (Å²) in [4.78, 5) is 76.7. The van der Waals surface area contributed by atoms with E-state index in [0.717, 1.165) is 73.2 Å². The second-order valence-corrected chi connectivity index (χ2v) is 28.1. The van der Waals surface area contributed by atoms with Crippen molar-refractivity contribution < 1.29 is 92.3 Å². The number of likely N-dealkylation sites (N-methyl/N-ethyl adjacent to an activating group) is 1. The molecule has 1 unspecified atom stereocenters. The number of halogens is 9. The summed E-state index contributed by atoms with van der Waals surface area (Å²) in [5.41, 5.74) is 2.63. The molecule has 1 atom stereocenters. The summed E-state index contributed by atoms with van der Waals surface area (Å²) in [5.74, 6) is -0.932. The quantitative estimate of drug-likeness (QED) is 0.0621. The largest absolute Gasteiger partial charge is 0.487 e. The average molecular weight is 1400 g/mol. The van der Waals surface area contributed by atoms with Gasteiger partial charge in [0.05, 0.1) is 33.2 Å². The Kier molecular flexibility index (Phi) is 18.1. The highest BCUT2D eigenvalue weighted by atomic mass is 19.4. The number of nitrogens with zero attached hydrogens (tertiary/aromatic N) is 1. The Morgan fingerprint density at radius 2 is 0.891 bits per heavy atom. The molecule has 530 valence electrons. The number of carbonyl (C=O) groups is 6. The maximum Gasteiger partial charge on any atom is 0.416 e. The Hall–Kier alpha value is -10.1. The van der Waals surface area contributed by atoms with Gasteiger partial charge >= 0.3 is 18.5 Å². The lowest BCUT2D eigenvalue weighted by atomic mass is 9.72. The Balaban J connectivity index is 0.000000144. The van der Waals surface area contributed by atoms with Crippen LogP contribution in [0.4, 0.5) is 73.6 Å². The molecule has 6 heterocycles. The predicted molar refractivity (Wildman–Crippen MR) is 359 cm³/mol. The number of aliphatic hydroxyl groups excluding tert-OH is 1.